The van der Waals surface area contributed by atoms with Crippen LogP contribution in [0, 0.1) is 5.41 Å². The van der Waals surface area contributed by atoms with Gasteiger partial charge in [-0.25, -0.2) is 8.42 Å². The second-order valence-electron chi connectivity index (χ2n) is 6.50. The van der Waals surface area contributed by atoms with E-state index in [4.69, 9.17) is 9.47 Å². The number of Topliss-reactive ketones (excluding diaryl/α,β-unsaturated/α-hetero) is 1. The molecule has 8 heteroatoms. The minimum absolute atomic E-state index is 0.0180. The van der Waals surface area contributed by atoms with E-state index in [9.17, 15) is 18.0 Å². The quantitative estimate of drug-likeness (QED) is 0.680. The molecule has 1 unspecified atom stereocenters. The standard InChI is InChI=1S/C14H21NO6S/c1-14(2,3)10(16)8-21-13-9(7-20-4)6-15-11(17)5-12(15)22(13,18)19/h6,12-13H,5,7-8H2,1-4H3/t12-,13?/m1/s1. The SMILES string of the molecule is COCC1=CN2C(=O)C[C@H]2S(=O)(=O)C1OCC(=O)C(C)(C)C. The van der Waals surface area contributed by atoms with Gasteiger partial charge in [0.05, 0.1) is 13.0 Å². The number of ether oxygens (including phenoxy) is 2. The molecule has 7 nitrogen and oxygen atoms in total. The van der Waals surface area contributed by atoms with Crippen LogP contribution in [-0.4, -0.2) is 56.1 Å². The summed E-state index contributed by atoms with van der Waals surface area (Å²) >= 11 is 0. The Labute approximate surface area is 130 Å². The molecule has 2 heterocycles. The molecular formula is C14H21NO6S. The molecule has 22 heavy (non-hydrogen) atoms. The van der Waals surface area contributed by atoms with Crippen LogP contribution >= 0.6 is 0 Å². The topological polar surface area (TPSA) is 90.0 Å². The van der Waals surface area contributed by atoms with E-state index in [0.29, 0.717) is 5.57 Å². The normalized spacial score (nSPS) is 27.0. The molecule has 0 aromatic heterocycles. The maximum atomic E-state index is 12.5. The van der Waals surface area contributed by atoms with E-state index in [1.54, 1.807) is 20.8 Å². The summed E-state index contributed by atoms with van der Waals surface area (Å²) in [7, 11) is -2.30. The van der Waals surface area contributed by atoms with Gasteiger partial charge in [-0.1, -0.05) is 20.8 Å². The van der Waals surface area contributed by atoms with Crippen LogP contribution in [0.1, 0.15) is 27.2 Å². The molecule has 0 spiro atoms. The van der Waals surface area contributed by atoms with E-state index in [2.05, 4.69) is 0 Å². The fourth-order valence-corrected chi connectivity index (χ4v) is 4.23. The summed E-state index contributed by atoms with van der Waals surface area (Å²) in [4.78, 5) is 24.6. The van der Waals surface area contributed by atoms with Crippen LogP contribution in [0.25, 0.3) is 0 Å². The summed E-state index contributed by atoms with van der Waals surface area (Å²) in [6.45, 7) is 4.95. The Bertz CT molecular complexity index is 616. The average Bonchev–Trinajstić information content (AvgIpc) is 2.39. The Morgan fingerprint density at radius 2 is 2.05 bits per heavy atom. The number of β-lactam (4-membered cyclic amide) rings is 1. The van der Waals surface area contributed by atoms with Gasteiger partial charge in [-0.2, -0.15) is 0 Å². The van der Waals surface area contributed by atoms with Gasteiger partial charge in [-0.15, -0.1) is 0 Å². The van der Waals surface area contributed by atoms with Gasteiger partial charge in [0, 0.05) is 24.3 Å². The lowest BCUT2D eigenvalue weighted by atomic mass is 9.91. The number of fused-ring (bicyclic) bond motifs is 1. The van der Waals surface area contributed by atoms with Crippen molar-refractivity contribution < 1.29 is 27.5 Å². The number of sulfone groups is 1. The number of hydrogen-bond donors (Lipinski definition) is 0. The number of amides is 1. The largest absolute Gasteiger partial charge is 0.380 e. The first kappa shape index (κ1) is 17.1. The Balaban J connectivity index is 2.23. The molecule has 2 aliphatic heterocycles. The molecule has 0 saturated carbocycles. The molecule has 0 aromatic rings. The molecular weight excluding hydrogens is 310 g/mol. The van der Waals surface area contributed by atoms with Gasteiger partial charge in [-0.05, 0) is 0 Å². The third kappa shape index (κ3) is 2.95. The summed E-state index contributed by atoms with van der Waals surface area (Å²) in [5.41, 5.74) is -1.52. The minimum Gasteiger partial charge on any atom is -0.380 e. The predicted octanol–water partition coefficient (Wildman–Crippen LogP) is 0.461. The fourth-order valence-electron chi connectivity index (χ4n) is 2.27. The Morgan fingerprint density at radius 1 is 1.41 bits per heavy atom. The molecule has 2 aliphatic rings. The van der Waals surface area contributed by atoms with Crippen molar-refractivity contribution in [1.29, 1.82) is 0 Å². The number of nitrogens with zero attached hydrogens (tertiary/aromatic N) is 1. The Morgan fingerprint density at radius 3 is 2.55 bits per heavy atom. The number of hydrogen-bond acceptors (Lipinski definition) is 6. The molecule has 1 saturated heterocycles. The van der Waals surface area contributed by atoms with E-state index in [1.165, 1.54) is 18.2 Å². The van der Waals surface area contributed by atoms with E-state index < -0.39 is 26.1 Å². The lowest BCUT2D eigenvalue weighted by molar-refractivity contribution is -0.139. The van der Waals surface area contributed by atoms with E-state index in [1.807, 2.05) is 0 Å². The van der Waals surface area contributed by atoms with Crippen molar-refractivity contribution in [1.82, 2.24) is 4.90 Å². The van der Waals surface area contributed by atoms with Crippen LogP contribution in [0.2, 0.25) is 0 Å². The second-order valence-corrected chi connectivity index (χ2v) is 8.65. The molecule has 0 radical (unpaired) electrons. The number of ketones is 1. The van der Waals surface area contributed by atoms with Crippen molar-refractivity contribution in [2.24, 2.45) is 5.41 Å². The van der Waals surface area contributed by atoms with Crippen molar-refractivity contribution in [2.45, 2.75) is 38.0 Å². The van der Waals surface area contributed by atoms with Crippen molar-refractivity contribution >= 4 is 21.5 Å². The second kappa shape index (κ2) is 5.75. The van der Waals surface area contributed by atoms with Gasteiger partial charge < -0.3 is 14.4 Å². The van der Waals surface area contributed by atoms with E-state index >= 15 is 0 Å². The van der Waals surface area contributed by atoms with Crippen LogP contribution in [-0.2, 0) is 28.9 Å². The molecule has 2 rings (SSSR count). The van der Waals surface area contributed by atoms with E-state index in [0.717, 1.165) is 0 Å². The molecule has 1 fully saturated rings. The monoisotopic (exact) mass is 331 g/mol. The highest BCUT2D eigenvalue weighted by Crippen LogP contribution is 2.36. The zero-order chi connectivity index (χ0) is 16.7. The summed E-state index contributed by atoms with van der Waals surface area (Å²) in [6.07, 6.45) is 1.42. The highest BCUT2D eigenvalue weighted by atomic mass is 32.2. The first-order chi connectivity index (χ1) is 10.1. The Kier molecular flexibility index (Phi) is 4.47. The van der Waals surface area contributed by atoms with Crippen LogP contribution < -0.4 is 0 Å². The average molecular weight is 331 g/mol. The molecule has 0 bridgehead atoms. The van der Waals surface area contributed by atoms with Gasteiger partial charge in [0.15, 0.2) is 11.2 Å². The third-order valence-corrected chi connectivity index (χ3v) is 5.93. The third-order valence-electron chi connectivity index (χ3n) is 3.75. The smallest absolute Gasteiger partial charge is 0.230 e. The minimum atomic E-state index is -3.73. The lowest BCUT2D eigenvalue weighted by Gasteiger charge is -2.43. The molecule has 2 atom stereocenters. The maximum absolute atomic E-state index is 12.5. The highest BCUT2D eigenvalue weighted by molar-refractivity contribution is 7.92. The molecule has 1 amide bonds. The van der Waals surface area contributed by atoms with Crippen LogP contribution in [0.3, 0.4) is 0 Å². The number of rotatable bonds is 5. The predicted molar refractivity (Wildman–Crippen MR) is 78.3 cm³/mol. The first-order valence-corrected chi connectivity index (χ1v) is 8.58. The Hall–Kier alpha value is -1.25. The zero-order valence-corrected chi connectivity index (χ0v) is 14.0. The fraction of sp³-hybridized carbons (Fsp3) is 0.714. The van der Waals surface area contributed by atoms with Crippen molar-refractivity contribution in [3.63, 3.8) is 0 Å². The molecule has 0 aliphatic carbocycles. The van der Waals surface area contributed by atoms with Crippen LogP contribution in [0.4, 0.5) is 0 Å². The summed E-state index contributed by atoms with van der Waals surface area (Å²) < 4.78 is 35.5. The molecule has 124 valence electrons. The summed E-state index contributed by atoms with van der Waals surface area (Å²) in [5, 5.41) is -0.893. The lowest BCUT2D eigenvalue weighted by Crippen LogP contribution is -2.59. The zero-order valence-electron chi connectivity index (χ0n) is 13.2. The van der Waals surface area contributed by atoms with Crippen LogP contribution in [0.5, 0.6) is 0 Å². The van der Waals surface area contributed by atoms with Crippen molar-refractivity contribution in [3.8, 4) is 0 Å². The molecule has 0 aromatic carbocycles. The van der Waals surface area contributed by atoms with Crippen molar-refractivity contribution in [3.05, 3.63) is 11.8 Å². The van der Waals surface area contributed by atoms with Gasteiger partial charge in [0.25, 0.3) is 0 Å². The van der Waals surface area contributed by atoms with Gasteiger partial charge in [-0.3, -0.25) is 9.59 Å². The van der Waals surface area contributed by atoms with Crippen molar-refractivity contribution in [2.75, 3.05) is 20.3 Å². The highest BCUT2D eigenvalue weighted by Gasteiger charge is 2.52. The van der Waals surface area contributed by atoms with Crippen LogP contribution in [0.15, 0.2) is 11.8 Å². The summed E-state index contributed by atoms with van der Waals surface area (Å²) in [5.74, 6) is -0.432. The number of methoxy groups -OCH3 is 1. The number of carbonyl (C=O) groups excluding carboxylic acids is 2. The van der Waals surface area contributed by atoms with E-state index in [-0.39, 0.29) is 31.3 Å². The maximum Gasteiger partial charge on any atom is 0.230 e. The first-order valence-electron chi connectivity index (χ1n) is 6.97. The van der Waals surface area contributed by atoms with Gasteiger partial charge in [0.1, 0.15) is 12.0 Å². The van der Waals surface area contributed by atoms with Gasteiger partial charge in [0.2, 0.25) is 15.7 Å². The molecule has 0 N–H and O–H groups in total. The van der Waals surface area contributed by atoms with Gasteiger partial charge >= 0.3 is 0 Å². The summed E-state index contributed by atoms with van der Waals surface area (Å²) in [6, 6.07) is 0. The number of carbonyl (C=O) groups is 2.